The molecule has 1 rings (SSSR count). The van der Waals surface area contributed by atoms with Gasteiger partial charge in [-0.2, -0.15) is 0 Å². The fourth-order valence-electron chi connectivity index (χ4n) is 1.33. The molecule has 1 N–H and O–H groups in total. The minimum Gasteiger partial charge on any atom is -0.461 e. The molecule has 0 saturated heterocycles. The normalized spacial score (nSPS) is 12.7. The lowest BCUT2D eigenvalue weighted by Crippen LogP contribution is -2.34. The molecule has 0 unspecified atom stereocenters. The number of ether oxygens (including phenoxy) is 2. The highest BCUT2D eigenvalue weighted by Gasteiger charge is 2.20. The number of aromatic nitrogens is 1. The number of hydrogen-bond acceptors (Lipinski definition) is 6. The van der Waals surface area contributed by atoms with Crippen molar-refractivity contribution in [3.63, 3.8) is 0 Å². The van der Waals surface area contributed by atoms with Gasteiger partial charge < -0.3 is 14.8 Å². The van der Waals surface area contributed by atoms with Crippen LogP contribution in [-0.2, 0) is 9.47 Å². The zero-order chi connectivity index (χ0) is 15.3. The van der Waals surface area contributed by atoms with Crippen LogP contribution in [0, 0.1) is 0 Å². The van der Waals surface area contributed by atoms with E-state index in [2.05, 4.69) is 10.3 Å². The second-order valence-corrected chi connectivity index (χ2v) is 6.05. The van der Waals surface area contributed by atoms with Gasteiger partial charge >= 0.3 is 12.1 Å². The summed E-state index contributed by atoms with van der Waals surface area (Å²) in [4.78, 5) is 27.3. The van der Waals surface area contributed by atoms with Gasteiger partial charge in [-0.25, -0.2) is 14.6 Å². The molecule has 0 aromatic carbocycles. The maximum Gasteiger partial charge on any atom is 0.408 e. The Morgan fingerprint density at radius 3 is 2.65 bits per heavy atom. The number of nitrogens with one attached hydrogen (secondary N) is 1. The molecular weight excluding hydrogens is 280 g/mol. The standard InChI is InChI=1S/C13H20N2O4S/c1-6-18-11(16)9-7-20-10(15-9)8(2)14-12(17)19-13(3,4)5/h7-8H,6H2,1-5H3,(H,14,17)/t8-/m1/s1. The molecule has 1 atom stereocenters. The molecule has 20 heavy (non-hydrogen) atoms. The third-order valence-electron chi connectivity index (χ3n) is 2.11. The third kappa shape index (κ3) is 5.16. The van der Waals surface area contributed by atoms with E-state index >= 15 is 0 Å². The van der Waals surface area contributed by atoms with Crippen molar-refractivity contribution in [2.45, 2.75) is 46.3 Å². The summed E-state index contributed by atoms with van der Waals surface area (Å²) >= 11 is 1.29. The number of esters is 1. The van der Waals surface area contributed by atoms with E-state index in [0.717, 1.165) is 0 Å². The lowest BCUT2D eigenvalue weighted by molar-refractivity contribution is 0.0506. The molecule has 0 aliphatic heterocycles. The van der Waals surface area contributed by atoms with Crippen LogP contribution >= 0.6 is 11.3 Å². The second kappa shape index (κ2) is 6.69. The molecule has 6 nitrogen and oxygen atoms in total. The molecule has 0 spiro atoms. The van der Waals surface area contributed by atoms with Crippen LogP contribution in [0.5, 0.6) is 0 Å². The van der Waals surface area contributed by atoms with E-state index in [0.29, 0.717) is 11.6 Å². The van der Waals surface area contributed by atoms with Crippen molar-refractivity contribution in [1.82, 2.24) is 10.3 Å². The maximum absolute atomic E-state index is 11.6. The zero-order valence-electron chi connectivity index (χ0n) is 12.4. The number of thiazole rings is 1. The first-order chi connectivity index (χ1) is 9.23. The van der Waals surface area contributed by atoms with E-state index in [1.165, 1.54) is 11.3 Å². The number of nitrogens with zero attached hydrogens (tertiary/aromatic N) is 1. The summed E-state index contributed by atoms with van der Waals surface area (Å²) in [5, 5.41) is 4.91. The van der Waals surface area contributed by atoms with Crippen LogP contribution in [0.1, 0.15) is 56.2 Å². The van der Waals surface area contributed by atoms with Gasteiger partial charge in [0.2, 0.25) is 0 Å². The Balaban J connectivity index is 2.62. The smallest absolute Gasteiger partial charge is 0.408 e. The zero-order valence-corrected chi connectivity index (χ0v) is 13.2. The molecule has 7 heteroatoms. The fourth-order valence-corrected chi connectivity index (χ4v) is 2.13. The van der Waals surface area contributed by atoms with E-state index in [-0.39, 0.29) is 11.7 Å². The Kier molecular flexibility index (Phi) is 5.50. The summed E-state index contributed by atoms with van der Waals surface area (Å²) < 4.78 is 10.0. The largest absolute Gasteiger partial charge is 0.461 e. The van der Waals surface area contributed by atoms with Crippen LogP contribution in [0.2, 0.25) is 0 Å². The Bertz CT molecular complexity index is 479. The summed E-state index contributed by atoms with van der Waals surface area (Å²) in [7, 11) is 0. The second-order valence-electron chi connectivity index (χ2n) is 5.16. The Hall–Kier alpha value is -1.63. The van der Waals surface area contributed by atoms with Crippen LogP contribution < -0.4 is 5.32 Å². The van der Waals surface area contributed by atoms with Crippen molar-refractivity contribution in [1.29, 1.82) is 0 Å². The maximum atomic E-state index is 11.6. The van der Waals surface area contributed by atoms with Gasteiger partial charge in [0, 0.05) is 5.38 Å². The predicted molar refractivity (Wildman–Crippen MR) is 75.9 cm³/mol. The summed E-state index contributed by atoms with van der Waals surface area (Å²) in [5.74, 6) is -0.459. The molecule has 1 heterocycles. The van der Waals surface area contributed by atoms with Crippen molar-refractivity contribution in [2.75, 3.05) is 6.61 Å². The van der Waals surface area contributed by atoms with E-state index in [9.17, 15) is 9.59 Å². The fraction of sp³-hybridized carbons (Fsp3) is 0.615. The quantitative estimate of drug-likeness (QED) is 0.865. The van der Waals surface area contributed by atoms with Gasteiger partial charge in [-0.15, -0.1) is 11.3 Å². The van der Waals surface area contributed by atoms with Crippen molar-refractivity contribution in [3.8, 4) is 0 Å². The number of amides is 1. The molecule has 0 aliphatic rings. The number of alkyl carbamates (subject to hydrolysis) is 1. The number of rotatable bonds is 4. The first-order valence-electron chi connectivity index (χ1n) is 6.35. The van der Waals surface area contributed by atoms with Crippen LogP contribution in [-0.4, -0.2) is 29.3 Å². The first-order valence-corrected chi connectivity index (χ1v) is 7.23. The molecule has 1 aromatic rings. The Morgan fingerprint density at radius 1 is 1.45 bits per heavy atom. The molecule has 112 valence electrons. The Morgan fingerprint density at radius 2 is 2.10 bits per heavy atom. The van der Waals surface area contributed by atoms with Gasteiger partial charge in [-0.1, -0.05) is 0 Å². The highest BCUT2D eigenvalue weighted by Crippen LogP contribution is 2.19. The number of carbonyl (C=O) groups is 2. The van der Waals surface area contributed by atoms with Crippen LogP contribution in [0.25, 0.3) is 0 Å². The summed E-state index contributed by atoms with van der Waals surface area (Å²) in [6.07, 6.45) is -0.516. The van der Waals surface area contributed by atoms with Gasteiger partial charge in [-0.3, -0.25) is 0 Å². The Labute approximate surface area is 122 Å². The SMILES string of the molecule is CCOC(=O)c1csc([C@@H](C)NC(=O)OC(C)(C)C)n1. The minimum atomic E-state index is -0.553. The highest BCUT2D eigenvalue weighted by atomic mass is 32.1. The summed E-state index contributed by atoms with van der Waals surface area (Å²) in [6, 6.07) is -0.335. The summed E-state index contributed by atoms with van der Waals surface area (Å²) in [5.41, 5.74) is -0.298. The van der Waals surface area contributed by atoms with E-state index < -0.39 is 17.7 Å². The number of carbonyl (C=O) groups excluding carboxylic acids is 2. The lowest BCUT2D eigenvalue weighted by Gasteiger charge is -2.21. The highest BCUT2D eigenvalue weighted by molar-refractivity contribution is 7.09. The average Bonchev–Trinajstić information content (AvgIpc) is 2.75. The molecule has 1 aromatic heterocycles. The molecule has 0 fully saturated rings. The third-order valence-corrected chi connectivity index (χ3v) is 3.14. The number of hydrogen-bond donors (Lipinski definition) is 1. The van der Waals surface area contributed by atoms with Crippen molar-refractivity contribution in [3.05, 3.63) is 16.1 Å². The topological polar surface area (TPSA) is 77.5 Å². The first kappa shape index (κ1) is 16.4. The van der Waals surface area contributed by atoms with Crippen LogP contribution in [0.4, 0.5) is 4.79 Å². The van der Waals surface area contributed by atoms with Crippen LogP contribution in [0.15, 0.2) is 5.38 Å². The monoisotopic (exact) mass is 300 g/mol. The van der Waals surface area contributed by atoms with E-state index in [1.807, 2.05) is 0 Å². The molecule has 0 radical (unpaired) electrons. The minimum absolute atomic E-state index is 0.254. The van der Waals surface area contributed by atoms with Crippen molar-refractivity contribution in [2.24, 2.45) is 0 Å². The van der Waals surface area contributed by atoms with Crippen LogP contribution in [0.3, 0.4) is 0 Å². The van der Waals surface area contributed by atoms with Gasteiger partial charge in [-0.05, 0) is 34.6 Å². The predicted octanol–water partition coefficient (Wildman–Crippen LogP) is 2.91. The molecule has 1 amide bonds. The molecular formula is C13H20N2O4S. The van der Waals surface area contributed by atoms with E-state index in [4.69, 9.17) is 9.47 Å². The average molecular weight is 300 g/mol. The van der Waals surface area contributed by atoms with Gasteiger partial charge in [0.15, 0.2) is 5.69 Å². The molecule has 0 aliphatic carbocycles. The van der Waals surface area contributed by atoms with E-state index in [1.54, 1.807) is 40.0 Å². The lowest BCUT2D eigenvalue weighted by atomic mass is 10.2. The molecule has 0 saturated carbocycles. The van der Waals surface area contributed by atoms with Crippen molar-refractivity contribution >= 4 is 23.4 Å². The molecule has 0 bridgehead atoms. The summed E-state index contributed by atoms with van der Waals surface area (Å²) in [6.45, 7) is 9.19. The van der Waals surface area contributed by atoms with Gasteiger partial charge in [0.25, 0.3) is 0 Å². The van der Waals surface area contributed by atoms with Gasteiger partial charge in [0.05, 0.1) is 12.6 Å². The van der Waals surface area contributed by atoms with Crippen molar-refractivity contribution < 1.29 is 19.1 Å². The van der Waals surface area contributed by atoms with Gasteiger partial charge in [0.1, 0.15) is 10.6 Å².